The van der Waals surface area contributed by atoms with Crippen LogP contribution in [0.5, 0.6) is 0 Å². The predicted octanol–water partition coefficient (Wildman–Crippen LogP) is 12.9. The first kappa shape index (κ1) is 56.2. The highest BCUT2D eigenvalue weighted by atomic mass is 32.2. The number of thiocarbonyl (C=S) groups is 3. The monoisotopic (exact) mass is 1000 g/mol. The summed E-state index contributed by atoms with van der Waals surface area (Å²) < 4.78 is 16.7. The van der Waals surface area contributed by atoms with Gasteiger partial charge in [0, 0.05) is 19.3 Å². The lowest BCUT2D eigenvalue weighted by atomic mass is 9.72. The maximum absolute atomic E-state index is 13.4. The zero-order valence-corrected chi connectivity index (χ0v) is 43.6. The Morgan fingerprint density at radius 2 is 0.758 bits per heavy atom. The molecule has 66 heavy (non-hydrogen) atoms. The van der Waals surface area contributed by atoms with E-state index in [-0.39, 0.29) is 38.5 Å². The minimum atomic E-state index is -0.963. The average Bonchev–Trinajstić information content (AvgIpc) is 3.30. The average molecular weight is 1000 g/mol. The van der Waals surface area contributed by atoms with Crippen LogP contribution in [0.3, 0.4) is 0 Å². The summed E-state index contributed by atoms with van der Waals surface area (Å²) in [5.41, 5.74) is 1.86. The molecule has 3 aromatic carbocycles. The lowest BCUT2D eigenvalue weighted by Crippen LogP contribution is -2.36. The zero-order chi connectivity index (χ0) is 49.0. The van der Waals surface area contributed by atoms with E-state index in [2.05, 4.69) is 18.2 Å². The van der Waals surface area contributed by atoms with Crippen molar-refractivity contribution >= 4 is 102 Å². The van der Waals surface area contributed by atoms with E-state index in [0.29, 0.717) is 38.3 Å². The molecule has 0 N–H and O–H groups in total. The molecule has 6 atom stereocenters. The molecule has 6 unspecified atom stereocenters. The van der Waals surface area contributed by atoms with E-state index in [1.54, 1.807) is 41.5 Å². The van der Waals surface area contributed by atoms with Gasteiger partial charge in [0.2, 0.25) is 0 Å². The number of ether oxygens (including phenoxy) is 3. The first-order valence-corrected chi connectivity index (χ1v) is 25.5. The summed E-state index contributed by atoms with van der Waals surface area (Å²) >= 11 is 20.6. The molecule has 0 aliphatic rings. The van der Waals surface area contributed by atoms with Gasteiger partial charge in [-0.1, -0.05) is 176 Å². The van der Waals surface area contributed by atoms with Gasteiger partial charge < -0.3 is 14.2 Å². The molecule has 0 spiro atoms. The van der Waals surface area contributed by atoms with Crippen LogP contribution in [0.4, 0.5) is 0 Å². The van der Waals surface area contributed by atoms with Crippen molar-refractivity contribution in [3.63, 3.8) is 0 Å². The van der Waals surface area contributed by atoms with Gasteiger partial charge in [-0.05, 0) is 102 Å². The summed E-state index contributed by atoms with van der Waals surface area (Å²) in [6, 6.07) is 35.2. The minimum absolute atomic E-state index is 0.00803. The molecule has 9 nitrogen and oxygen atoms in total. The van der Waals surface area contributed by atoms with Crippen molar-refractivity contribution in [2.45, 2.75) is 145 Å². The number of hydrogen-bond acceptors (Lipinski definition) is 15. The smallest absolute Gasteiger partial charge is 0.306 e. The van der Waals surface area contributed by atoms with Crippen LogP contribution >= 0.6 is 71.9 Å². The number of hydrogen-bond donors (Lipinski definition) is 0. The Morgan fingerprint density at radius 1 is 0.515 bits per heavy atom. The Morgan fingerprint density at radius 3 is 0.970 bits per heavy atom. The van der Waals surface area contributed by atoms with Crippen LogP contribution in [-0.4, -0.2) is 63.1 Å². The van der Waals surface area contributed by atoms with Gasteiger partial charge in [-0.3, -0.25) is 14.4 Å². The molecule has 0 aliphatic heterocycles. The number of nitriles is 3. The quantitative estimate of drug-likeness (QED) is 0.0449. The Bertz CT molecular complexity index is 2010. The van der Waals surface area contributed by atoms with Crippen molar-refractivity contribution in [2.24, 2.45) is 5.41 Å². The van der Waals surface area contributed by atoms with Gasteiger partial charge in [-0.2, -0.15) is 15.8 Å². The fraction of sp³-hybridized carbons (Fsp3) is 0.471. The SMILES string of the molecule is CCC(CC(C)OC(=O)CCC(C)(C#N)SC(=S)c1ccccc1)(CC(C)OC(=O)CCC(C)(C#N)SC(=S)c1ccccc1)CC(C)OC(=O)CCC(C)(C#N)SC(=S)c1ccccc1. The molecule has 0 amide bonds. The third-order valence-corrected chi connectivity index (χ3v) is 16.0. The number of esters is 3. The summed E-state index contributed by atoms with van der Waals surface area (Å²) in [6.07, 6.45) is 0.527. The van der Waals surface area contributed by atoms with Crippen molar-refractivity contribution < 1.29 is 28.6 Å². The predicted molar refractivity (Wildman–Crippen MR) is 280 cm³/mol. The lowest BCUT2D eigenvalue weighted by molar-refractivity contribution is -0.154. The van der Waals surface area contributed by atoms with E-state index in [1.165, 1.54) is 35.3 Å². The van der Waals surface area contributed by atoms with E-state index in [0.717, 1.165) is 16.7 Å². The molecule has 0 bridgehead atoms. The van der Waals surface area contributed by atoms with Crippen LogP contribution < -0.4 is 0 Å². The van der Waals surface area contributed by atoms with Gasteiger partial charge in [0.15, 0.2) is 0 Å². The fourth-order valence-corrected chi connectivity index (χ4v) is 12.2. The largest absolute Gasteiger partial charge is 0.463 e. The molecule has 0 fully saturated rings. The number of carbonyl (C=O) groups excluding carboxylic acids is 3. The van der Waals surface area contributed by atoms with Gasteiger partial charge in [-0.15, -0.1) is 0 Å². The molecule has 3 rings (SSSR count). The highest BCUT2D eigenvalue weighted by molar-refractivity contribution is 8.25. The van der Waals surface area contributed by atoms with Crippen molar-refractivity contribution in [2.75, 3.05) is 0 Å². The second kappa shape index (κ2) is 27.0. The van der Waals surface area contributed by atoms with E-state index in [1.807, 2.05) is 97.9 Å². The first-order valence-electron chi connectivity index (χ1n) is 21.9. The summed E-state index contributed by atoms with van der Waals surface area (Å²) in [5, 5.41) is 30.3. The normalized spacial score (nSPS) is 16.0. The molecule has 0 heterocycles. The standard InChI is InChI=1S/C51H59N3O6S6/c1-8-51(30-36(2)58-42(55)24-27-48(5,33-52)64-45(61)39-18-12-9-13-19-39,31-37(3)59-43(56)25-28-49(6,34-53)65-46(62)40-20-14-10-15-21-40)32-38(4)60-44(57)26-29-50(7,35-54)66-47(63)41-22-16-11-17-23-41/h9-23,36-38H,8,24-32H2,1-7H3. The van der Waals surface area contributed by atoms with E-state index in [4.69, 9.17) is 50.9 Å². The number of carbonyl (C=O) groups is 3. The second-order valence-corrected chi connectivity index (χ2v) is 23.7. The van der Waals surface area contributed by atoms with Gasteiger partial charge in [0.05, 0.1) is 49.1 Å². The van der Waals surface area contributed by atoms with Crippen LogP contribution in [0.15, 0.2) is 91.0 Å². The Labute approximate surface area is 420 Å². The number of thioether (sulfide) groups is 3. The van der Waals surface area contributed by atoms with Crippen molar-refractivity contribution in [3.8, 4) is 18.2 Å². The molecule has 0 radical (unpaired) electrons. The molecular formula is C51H59N3O6S6. The van der Waals surface area contributed by atoms with E-state index < -0.39 is 55.9 Å². The van der Waals surface area contributed by atoms with Crippen LogP contribution in [0.2, 0.25) is 0 Å². The van der Waals surface area contributed by atoms with Gasteiger partial charge in [-0.25, -0.2) is 0 Å². The van der Waals surface area contributed by atoms with Gasteiger partial charge >= 0.3 is 17.9 Å². The Balaban J connectivity index is 1.71. The molecular weight excluding hydrogens is 943 g/mol. The number of rotatable bonds is 25. The van der Waals surface area contributed by atoms with Crippen LogP contribution in [0.1, 0.15) is 129 Å². The maximum atomic E-state index is 13.4. The van der Waals surface area contributed by atoms with Crippen molar-refractivity contribution in [3.05, 3.63) is 108 Å². The van der Waals surface area contributed by atoms with E-state index >= 15 is 0 Å². The van der Waals surface area contributed by atoms with E-state index in [9.17, 15) is 30.2 Å². The second-order valence-electron chi connectivity index (χ2n) is 17.2. The molecule has 15 heteroatoms. The summed E-state index contributed by atoms with van der Waals surface area (Å²) in [4.78, 5) is 40.1. The minimum Gasteiger partial charge on any atom is -0.463 e. The molecule has 350 valence electrons. The zero-order valence-electron chi connectivity index (χ0n) is 38.7. The Kier molecular flexibility index (Phi) is 23.0. The van der Waals surface area contributed by atoms with Crippen LogP contribution in [0.25, 0.3) is 0 Å². The van der Waals surface area contributed by atoms with Gasteiger partial charge in [0.1, 0.15) is 14.2 Å². The first-order chi connectivity index (χ1) is 31.2. The van der Waals surface area contributed by atoms with Crippen LogP contribution in [0, 0.1) is 39.4 Å². The Hall–Kier alpha value is -4.14. The molecule has 0 aliphatic carbocycles. The molecule has 3 aromatic rings. The maximum Gasteiger partial charge on any atom is 0.306 e. The van der Waals surface area contributed by atoms with Gasteiger partial charge in [0.25, 0.3) is 0 Å². The summed E-state index contributed by atoms with van der Waals surface area (Å²) in [7, 11) is 0. The van der Waals surface area contributed by atoms with Crippen LogP contribution in [-0.2, 0) is 28.6 Å². The number of nitrogens with zero attached hydrogens (tertiary/aromatic N) is 3. The highest BCUT2D eigenvalue weighted by Crippen LogP contribution is 2.42. The third-order valence-electron chi connectivity index (χ3n) is 11.0. The topological polar surface area (TPSA) is 150 Å². The fourth-order valence-electron chi connectivity index (χ4n) is 7.41. The number of benzene rings is 3. The van der Waals surface area contributed by atoms with Crippen molar-refractivity contribution in [1.82, 2.24) is 0 Å². The summed E-state index contributed by atoms with van der Waals surface area (Å²) in [6.45, 7) is 12.7. The molecule has 0 saturated carbocycles. The third kappa shape index (κ3) is 19.2. The highest BCUT2D eigenvalue weighted by Gasteiger charge is 2.38. The molecule has 0 saturated heterocycles. The lowest BCUT2D eigenvalue weighted by Gasteiger charge is -2.38. The summed E-state index contributed by atoms with van der Waals surface area (Å²) in [5.74, 6) is -1.39. The van der Waals surface area contributed by atoms with Crippen molar-refractivity contribution in [1.29, 1.82) is 15.8 Å². The molecule has 0 aromatic heterocycles.